The molecule has 0 aliphatic heterocycles. The quantitative estimate of drug-likeness (QED) is 0.230. The minimum absolute atomic E-state index is 0.00922. The first-order valence-electron chi connectivity index (χ1n) is 9.44. The summed E-state index contributed by atoms with van der Waals surface area (Å²) in [6.45, 7) is 12.9. The third kappa shape index (κ3) is 10.6. The Morgan fingerprint density at radius 2 is 0.828 bits per heavy atom. The minimum atomic E-state index is -4.34. The number of hydrogen-bond donors (Lipinski definition) is 0. The molecule has 0 heterocycles. The van der Waals surface area contributed by atoms with Gasteiger partial charge in [0.2, 0.25) is 0 Å². The van der Waals surface area contributed by atoms with Crippen molar-refractivity contribution in [2.75, 3.05) is 0 Å². The van der Waals surface area contributed by atoms with Gasteiger partial charge in [-0.1, -0.05) is 41.5 Å². The van der Waals surface area contributed by atoms with Gasteiger partial charge in [0.15, 0.2) is 16.6 Å². The van der Waals surface area contributed by atoms with Crippen LogP contribution < -0.4 is 0 Å². The molecule has 0 aliphatic carbocycles. The fourth-order valence-electron chi connectivity index (χ4n) is 4.26. The lowest BCUT2D eigenvalue weighted by molar-refractivity contribution is -0.117. The summed E-state index contributed by atoms with van der Waals surface area (Å²) in [5.41, 5.74) is -1.19. The Labute approximate surface area is 170 Å². The fraction of sp³-hybridized carbons (Fsp3) is 1.00. The molecule has 0 saturated heterocycles. The van der Waals surface area contributed by atoms with Crippen molar-refractivity contribution < 1.29 is 39.2 Å². The molecule has 0 amide bonds. The van der Waals surface area contributed by atoms with E-state index in [0.717, 1.165) is 0 Å². The van der Waals surface area contributed by atoms with Crippen molar-refractivity contribution in [3.05, 3.63) is 0 Å². The van der Waals surface area contributed by atoms with Crippen LogP contribution in [0.4, 0.5) is 35.1 Å². The highest BCUT2D eigenvalue weighted by molar-refractivity contribution is 6.86. The summed E-state index contributed by atoms with van der Waals surface area (Å²) in [6, 6.07) is -2.48. The van der Waals surface area contributed by atoms with Gasteiger partial charge in [-0.3, -0.25) is 0 Å². The van der Waals surface area contributed by atoms with E-state index < -0.39 is 64.2 Å². The summed E-state index contributed by atoms with van der Waals surface area (Å²) in [5.74, 6) is -8.68. The van der Waals surface area contributed by atoms with E-state index in [9.17, 15) is 35.1 Å². The van der Waals surface area contributed by atoms with Crippen molar-refractivity contribution >= 4 is 16.6 Å². The second kappa shape index (κ2) is 9.14. The molecule has 0 bridgehead atoms. The Morgan fingerprint density at radius 3 is 1.00 bits per heavy atom. The number of alkyl halides is 8. The average Bonchev–Trinajstić information content (AvgIpc) is 2.29. The smallest absolute Gasteiger partial charge is 0.307 e. The zero-order valence-electron chi connectivity index (χ0n) is 18.4. The Bertz CT molecular complexity index is 485. The number of hydrogen-bond acceptors (Lipinski definition) is 1. The molecule has 0 spiro atoms. The zero-order chi connectivity index (χ0) is 23.7. The van der Waals surface area contributed by atoms with Crippen LogP contribution in [-0.2, 0) is 4.12 Å². The molecule has 0 saturated carbocycles. The van der Waals surface area contributed by atoms with Gasteiger partial charge >= 0.3 is 24.7 Å². The van der Waals surface area contributed by atoms with E-state index in [-0.39, 0.29) is 12.1 Å². The maximum atomic E-state index is 13.9. The molecule has 176 valence electrons. The first-order chi connectivity index (χ1) is 12.4. The summed E-state index contributed by atoms with van der Waals surface area (Å²) >= 11 is 0. The van der Waals surface area contributed by atoms with Crippen LogP contribution in [0.15, 0.2) is 0 Å². The lowest BCUT2D eigenvalue weighted by atomic mass is 10.0. The van der Waals surface area contributed by atoms with Crippen molar-refractivity contribution in [1.29, 1.82) is 0 Å². The summed E-state index contributed by atoms with van der Waals surface area (Å²) in [7, 11) is -7.40. The number of halogens is 8. The average molecular weight is 475 g/mol. The zero-order valence-corrected chi connectivity index (χ0v) is 20.4. The van der Waals surface area contributed by atoms with Crippen molar-refractivity contribution in [2.24, 2.45) is 10.8 Å². The summed E-state index contributed by atoms with van der Waals surface area (Å²) in [4.78, 5) is 0. The van der Waals surface area contributed by atoms with Gasteiger partial charge in [-0.2, -0.15) is 0 Å². The highest BCUT2D eigenvalue weighted by atomic mass is 28.4. The molecule has 29 heavy (non-hydrogen) atoms. The van der Waals surface area contributed by atoms with Crippen molar-refractivity contribution in [3.63, 3.8) is 0 Å². The van der Waals surface area contributed by atoms with Crippen molar-refractivity contribution in [1.82, 2.24) is 0 Å². The van der Waals surface area contributed by atoms with Crippen LogP contribution in [0.25, 0.3) is 0 Å². The predicted molar refractivity (Wildman–Crippen MR) is 104 cm³/mol. The Kier molecular flexibility index (Phi) is 9.08. The van der Waals surface area contributed by atoms with Crippen molar-refractivity contribution in [2.45, 2.75) is 104 Å². The fourth-order valence-corrected chi connectivity index (χ4v) is 17.2. The van der Waals surface area contributed by atoms with E-state index >= 15 is 0 Å². The molecule has 0 radical (unpaired) electrons. The Balaban J connectivity index is 6.15. The van der Waals surface area contributed by atoms with Gasteiger partial charge in [-0.05, 0) is 36.0 Å². The molecule has 2 atom stereocenters. The third-order valence-corrected chi connectivity index (χ3v) is 14.2. The SMILES string of the molecule is CC(C)(C)C[Si](C)(CC(F)(F)C(F)F)O[Si](C)(CC(C)(C)C)CC(F)(F)C(F)F. The number of rotatable bonds is 10. The Hall–Kier alpha value is -0.166. The van der Waals surface area contributed by atoms with Gasteiger partial charge in [0.05, 0.1) is 0 Å². The molecule has 0 N–H and O–H groups in total. The normalized spacial score (nSPS) is 18.8. The molecule has 0 aromatic carbocycles. The summed E-state index contributed by atoms with van der Waals surface area (Å²) < 4.78 is 113. The highest BCUT2D eigenvalue weighted by Gasteiger charge is 2.56. The molecule has 2 unspecified atom stereocenters. The molecule has 0 rings (SSSR count). The Morgan fingerprint density at radius 1 is 0.586 bits per heavy atom. The maximum Gasteiger partial charge on any atom is 0.307 e. The van der Waals surface area contributed by atoms with Crippen LogP contribution in [0.2, 0.25) is 37.3 Å². The molecule has 0 fully saturated rings. The van der Waals surface area contributed by atoms with Gasteiger partial charge in [0, 0.05) is 12.1 Å². The lowest BCUT2D eigenvalue weighted by Gasteiger charge is -2.45. The second-order valence-corrected chi connectivity index (χ2v) is 19.0. The van der Waals surface area contributed by atoms with Gasteiger partial charge in [0.25, 0.3) is 0 Å². The topological polar surface area (TPSA) is 9.23 Å². The van der Waals surface area contributed by atoms with Crippen LogP contribution in [0.5, 0.6) is 0 Å². The van der Waals surface area contributed by atoms with Crippen LogP contribution in [0.1, 0.15) is 41.5 Å². The van der Waals surface area contributed by atoms with E-state index in [1.165, 1.54) is 13.1 Å². The highest BCUT2D eigenvalue weighted by Crippen LogP contribution is 2.45. The van der Waals surface area contributed by atoms with E-state index in [2.05, 4.69) is 0 Å². The van der Waals surface area contributed by atoms with Gasteiger partial charge < -0.3 is 4.12 Å². The lowest BCUT2D eigenvalue weighted by Crippen LogP contribution is -2.56. The van der Waals surface area contributed by atoms with Crippen LogP contribution in [0.3, 0.4) is 0 Å². The molecule has 0 aromatic rings. The van der Waals surface area contributed by atoms with E-state index in [0.29, 0.717) is 0 Å². The standard InChI is InChI=1S/C18H34F8OSi2/c1-15(2,3)9-28(7,11-17(23,24)13(19)20)27-29(8,10-16(4,5)6)12-18(25,26)14(21)22/h13-14H,9-12H2,1-8H3. The van der Waals surface area contributed by atoms with E-state index in [1.54, 1.807) is 41.5 Å². The minimum Gasteiger partial charge on any atom is -0.455 e. The van der Waals surface area contributed by atoms with Gasteiger partial charge in [0.1, 0.15) is 0 Å². The van der Waals surface area contributed by atoms with Crippen LogP contribution >= 0.6 is 0 Å². The van der Waals surface area contributed by atoms with E-state index in [1.807, 2.05) is 0 Å². The first-order valence-corrected chi connectivity index (χ1v) is 15.1. The van der Waals surface area contributed by atoms with Gasteiger partial charge in [-0.25, -0.2) is 35.1 Å². The monoisotopic (exact) mass is 474 g/mol. The van der Waals surface area contributed by atoms with Crippen LogP contribution in [0, 0.1) is 10.8 Å². The predicted octanol–water partition coefficient (Wildman–Crippen LogP) is 8.05. The molecule has 11 heteroatoms. The van der Waals surface area contributed by atoms with Crippen LogP contribution in [-0.4, -0.2) is 41.3 Å². The van der Waals surface area contributed by atoms with E-state index in [4.69, 9.17) is 4.12 Å². The van der Waals surface area contributed by atoms with Crippen molar-refractivity contribution in [3.8, 4) is 0 Å². The molecule has 1 nitrogen and oxygen atoms in total. The molecule has 0 aliphatic rings. The summed E-state index contributed by atoms with van der Waals surface area (Å²) in [6.07, 6.45) is -7.84. The molecular formula is C18H34F8OSi2. The first kappa shape index (κ1) is 28.8. The second-order valence-electron chi connectivity index (χ2n) is 11.0. The van der Waals surface area contributed by atoms with Gasteiger partial charge in [-0.15, -0.1) is 0 Å². The maximum absolute atomic E-state index is 13.9. The molecule has 0 aromatic heterocycles. The summed E-state index contributed by atoms with van der Waals surface area (Å²) in [5, 5.41) is 0. The molecular weight excluding hydrogens is 440 g/mol. The largest absolute Gasteiger partial charge is 0.455 e. The third-order valence-electron chi connectivity index (χ3n) is 4.16.